The van der Waals surface area contributed by atoms with Crippen molar-refractivity contribution in [1.29, 1.82) is 0 Å². The highest BCUT2D eigenvalue weighted by atomic mass is 16.5. The zero-order valence-corrected chi connectivity index (χ0v) is 18.0. The maximum Gasteiger partial charge on any atom is 0.118 e. The van der Waals surface area contributed by atoms with Crippen LogP contribution >= 0.6 is 0 Å². The molecule has 2 atom stereocenters. The summed E-state index contributed by atoms with van der Waals surface area (Å²) in [6, 6.07) is 18.4. The van der Waals surface area contributed by atoms with Crippen molar-refractivity contribution in [3.05, 3.63) is 65.7 Å². The number of rotatable bonds is 9. The van der Waals surface area contributed by atoms with Gasteiger partial charge in [-0.3, -0.25) is 4.90 Å². The third-order valence-electron chi connectivity index (χ3n) is 6.02. The summed E-state index contributed by atoms with van der Waals surface area (Å²) in [4.78, 5) is 2.42. The average Bonchev–Trinajstić information content (AvgIpc) is 2.77. The highest BCUT2D eigenvalue weighted by molar-refractivity contribution is 5.35. The summed E-state index contributed by atoms with van der Waals surface area (Å²) in [5.41, 5.74) is 1.19. The summed E-state index contributed by atoms with van der Waals surface area (Å²) in [6.45, 7) is 8.58. The minimum atomic E-state index is -0.948. The number of aliphatic hydroxyl groups is 1. The van der Waals surface area contributed by atoms with Gasteiger partial charge in [0.05, 0.1) is 25.9 Å². The molecule has 1 N–H and O–H groups in total. The van der Waals surface area contributed by atoms with E-state index in [2.05, 4.69) is 43.0 Å². The molecule has 4 heteroatoms. The smallest absolute Gasteiger partial charge is 0.118 e. The first-order chi connectivity index (χ1) is 14.0. The first-order valence-electron chi connectivity index (χ1n) is 10.7. The van der Waals surface area contributed by atoms with Crippen LogP contribution in [0.3, 0.4) is 0 Å². The molecule has 29 heavy (non-hydrogen) atoms. The van der Waals surface area contributed by atoms with E-state index in [1.54, 1.807) is 7.11 Å². The molecule has 4 nitrogen and oxygen atoms in total. The van der Waals surface area contributed by atoms with Gasteiger partial charge < -0.3 is 14.6 Å². The van der Waals surface area contributed by atoms with Crippen LogP contribution in [0.1, 0.15) is 43.7 Å². The highest BCUT2D eigenvalue weighted by Crippen LogP contribution is 2.42. The quantitative estimate of drug-likeness (QED) is 0.679. The number of morpholine rings is 1. The van der Waals surface area contributed by atoms with E-state index in [9.17, 15) is 5.11 Å². The molecule has 1 aliphatic heterocycles. The molecular weight excluding hydrogens is 362 g/mol. The van der Waals surface area contributed by atoms with Crippen LogP contribution in [-0.4, -0.2) is 50.0 Å². The van der Waals surface area contributed by atoms with E-state index in [4.69, 9.17) is 9.47 Å². The Labute approximate surface area is 175 Å². The second kappa shape index (κ2) is 10.2. The number of ether oxygens (including phenoxy) is 2. The third-order valence-corrected chi connectivity index (χ3v) is 6.02. The molecule has 0 unspecified atom stereocenters. The van der Waals surface area contributed by atoms with Gasteiger partial charge in [0.2, 0.25) is 0 Å². The Hall–Kier alpha value is -1.88. The molecule has 3 rings (SSSR count). The summed E-state index contributed by atoms with van der Waals surface area (Å²) in [6.07, 6.45) is 1.69. The van der Waals surface area contributed by atoms with Gasteiger partial charge in [-0.2, -0.15) is 0 Å². The van der Waals surface area contributed by atoms with Gasteiger partial charge in [0.25, 0.3) is 0 Å². The number of nitrogens with zero attached hydrogens (tertiary/aromatic N) is 1. The fourth-order valence-corrected chi connectivity index (χ4v) is 4.17. The van der Waals surface area contributed by atoms with E-state index < -0.39 is 5.60 Å². The molecule has 2 aromatic rings. The normalized spacial score (nSPS) is 18.4. The Kier molecular flexibility index (Phi) is 7.70. The fourth-order valence-electron chi connectivity index (χ4n) is 4.17. The zero-order valence-electron chi connectivity index (χ0n) is 18.0. The lowest BCUT2D eigenvalue weighted by atomic mass is 9.73. The van der Waals surface area contributed by atoms with Crippen LogP contribution in [0.15, 0.2) is 54.6 Å². The molecule has 1 aliphatic rings. The lowest BCUT2D eigenvalue weighted by Gasteiger charge is -2.41. The minimum absolute atomic E-state index is 0.0195. The van der Waals surface area contributed by atoms with E-state index in [-0.39, 0.29) is 5.92 Å². The van der Waals surface area contributed by atoms with Crippen LogP contribution in [0.2, 0.25) is 0 Å². The van der Waals surface area contributed by atoms with Crippen molar-refractivity contribution in [1.82, 2.24) is 4.90 Å². The molecule has 0 spiro atoms. The van der Waals surface area contributed by atoms with Crippen LogP contribution in [0.4, 0.5) is 0 Å². The van der Waals surface area contributed by atoms with Crippen molar-refractivity contribution in [2.24, 2.45) is 5.92 Å². The molecule has 1 saturated heterocycles. The van der Waals surface area contributed by atoms with Crippen LogP contribution in [0.25, 0.3) is 0 Å². The molecule has 2 aromatic carbocycles. The monoisotopic (exact) mass is 397 g/mol. The SMILES string of the molecule is COc1ccc([C@@](O)(CCC(C)C)[C@H](CN2CCOCC2)c2ccccc2)cc1. The molecule has 0 bridgehead atoms. The molecule has 1 fully saturated rings. The van der Waals surface area contributed by atoms with Crippen LogP contribution < -0.4 is 4.74 Å². The number of hydrogen-bond donors (Lipinski definition) is 1. The minimum Gasteiger partial charge on any atom is -0.497 e. The Morgan fingerprint density at radius 3 is 2.28 bits per heavy atom. The predicted octanol–water partition coefficient (Wildman–Crippen LogP) is 4.44. The first-order valence-corrected chi connectivity index (χ1v) is 10.7. The van der Waals surface area contributed by atoms with Crippen LogP contribution in [0.5, 0.6) is 5.75 Å². The van der Waals surface area contributed by atoms with Crippen molar-refractivity contribution >= 4 is 0 Å². The first kappa shape index (κ1) is 21.8. The van der Waals surface area contributed by atoms with Crippen molar-refractivity contribution in [3.8, 4) is 5.75 Å². The maximum atomic E-state index is 12.2. The lowest BCUT2D eigenvalue weighted by Crippen LogP contribution is -2.45. The van der Waals surface area contributed by atoms with E-state index in [0.717, 1.165) is 57.0 Å². The van der Waals surface area contributed by atoms with Gasteiger partial charge in [-0.15, -0.1) is 0 Å². The van der Waals surface area contributed by atoms with Gasteiger partial charge >= 0.3 is 0 Å². The second-order valence-electron chi connectivity index (χ2n) is 8.46. The standard InChI is InChI=1S/C25H35NO3/c1-20(2)13-14-25(27,22-9-11-23(28-3)12-10-22)24(21-7-5-4-6-8-21)19-26-15-17-29-18-16-26/h4-12,20,24,27H,13-19H2,1-3H3/t24-,25+/m1/s1. The fraction of sp³-hybridized carbons (Fsp3) is 0.520. The van der Waals surface area contributed by atoms with Crippen molar-refractivity contribution in [2.75, 3.05) is 40.0 Å². The summed E-state index contributed by atoms with van der Waals surface area (Å²) in [7, 11) is 1.67. The largest absolute Gasteiger partial charge is 0.497 e. The maximum absolute atomic E-state index is 12.2. The Bertz CT molecular complexity index is 725. The Morgan fingerprint density at radius 1 is 1.03 bits per heavy atom. The molecule has 0 amide bonds. The molecule has 0 saturated carbocycles. The van der Waals surface area contributed by atoms with E-state index in [0.29, 0.717) is 5.92 Å². The summed E-state index contributed by atoms with van der Waals surface area (Å²) in [5.74, 6) is 1.32. The van der Waals surface area contributed by atoms with E-state index in [1.165, 1.54) is 5.56 Å². The van der Waals surface area contributed by atoms with Gasteiger partial charge in [0.1, 0.15) is 5.75 Å². The van der Waals surface area contributed by atoms with Crippen molar-refractivity contribution < 1.29 is 14.6 Å². The molecule has 0 radical (unpaired) electrons. The van der Waals surface area contributed by atoms with Gasteiger partial charge in [-0.25, -0.2) is 0 Å². The zero-order chi connectivity index (χ0) is 20.7. The molecule has 1 heterocycles. The number of benzene rings is 2. The van der Waals surface area contributed by atoms with Gasteiger partial charge in [-0.05, 0) is 42.0 Å². The number of methoxy groups -OCH3 is 1. The van der Waals surface area contributed by atoms with Gasteiger partial charge in [0, 0.05) is 25.6 Å². The van der Waals surface area contributed by atoms with E-state index in [1.807, 2.05) is 30.3 Å². The summed E-state index contributed by atoms with van der Waals surface area (Å²) in [5, 5.41) is 12.2. The van der Waals surface area contributed by atoms with E-state index >= 15 is 0 Å². The van der Waals surface area contributed by atoms with Gasteiger partial charge in [-0.1, -0.05) is 56.3 Å². The van der Waals surface area contributed by atoms with Crippen molar-refractivity contribution in [3.63, 3.8) is 0 Å². The second-order valence-corrected chi connectivity index (χ2v) is 8.46. The Balaban J connectivity index is 1.99. The molecule has 158 valence electrons. The summed E-state index contributed by atoms with van der Waals surface area (Å²) < 4.78 is 10.9. The molecular formula is C25H35NO3. The predicted molar refractivity (Wildman–Crippen MR) is 117 cm³/mol. The lowest BCUT2D eigenvalue weighted by molar-refractivity contribution is -0.0311. The number of hydrogen-bond acceptors (Lipinski definition) is 4. The summed E-state index contributed by atoms with van der Waals surface area (Å²) >= 11 is 0. The van der Waals surface area contributed by atoms with Crippen molar-refractivity contribution in [2.45, 2.75) is 38.2 Å². The topological polar surface area (TPSA) is 41.9 Å². The third kappa shape index (κ3) is 5.59. The highest BCUT2D eigenvalue weighted by Gasteiger charge is 2.40. The molecule has 0 aromatic heterocycles. The Morgan fingerprint density at radius 2 is 1.69 bits per heavy atom. The van der Waals surface area contributed by atoms with Crippen LogP contribution in [0, 0.1) is 5.92 Å². The van der Waals surface area contributed by atoms with Gasteiger partial charge in [0.15, 0.2) is 0 Å². The molecule has 0 aliphatic carbocycles. The van der Waals surface area contributed by atoms with Crippen LogP contribution in [-0.2, 0) is 10.3 Å². The average molecular weight is 398 g/mol.